The van der Waals surface area contributed by atoms with Crippen LogP contribution in [-0.4, -0.2) is 39.1 Å². The largest absolute Gasteiger partial charge is 0.376 e. The van der Waals surface area contributed by atoms with Crippen molar-refractivity contribution in [3.05, 3.63) is 18.5 Å². The normalized spacial score (nSPS) is 11.2. The molecule has 1 aromatic rings. The number of nitrogens with one attached hydrogen (secondary N) is 1. The van der Waals surface area contributed by atoms with Crippen molar-refractivity contribution >= 4 is 33.0 Å². The number of pyridine rings is 1. The van der Waals surface area contributed by atoms with Gasteiger partial charge in [0.15, 0.2) is 0 Å². The Kier molecular flexibility index (Phi) is 4.37. The lowest BCUT2D eigenvalue weighted by atomic mass is 10.3. The molecule has 0 aliphatic carbocycles. The standard InChI is InChI=1S/C9H14ClN3O2S/c1-13(2)9-3-5-11-7-8(9)12-16(14,15)6-4-10/h3,5,7,12H,4,6H2,1-2H3. The van der Waals surface area contributed by atoms with Crippen LogP contribution in [0.1, 0.15) is 0 Å². The predicted octanol–water partition coefficient (Wildman–Crippen LogP) is 1.13. The van der Waals surface area contributed by atoms with E-state index in [0.29, 0.717) is 5.69 Å². The highest BCUT2D eigenvalue weighted by Gasteiger charge is 2.12. The molecular weight excluding hydrogens is 250 g/mol. The van der Waals surface area contributed by atoms with E-state index in [9.17, 15) is 8.42 Å². The monoisotopic (exact) mass is 263 g/mol. The lowest BCUT2D eigenvalue weighted by Gasteiger charge is -2.17. The molecule has 0 spiro atoms. The highest BCUT2D eigenvalue weighted by atomic mass is 35.5. The molecule has 0 amide bonds. The van der Waals surface area contributed by atoms with Gasteiger partial charge in [0.25, 0.3) is 0 Å². The van der Waals surface area contributed by atoms with Gasteiger partial charge < -0.3 is 4.90 Å². The number of sulfonamides is 1. The van der Waals surface area contributed by atoms with E-state index < -0.39 is 10.0 Å². The molecule has 0 saturated heterocycles. The third-order valence-electron chi connectivity index (χ3n) is 1.89. The maximum atomic E-state index is 11.5. The summed E-state index contributed by atoms with van der Waals surface area (Å²) in [4.78, 5) is 5.69. The van der Waals surface area contributed by atoms with Gasteiger partial charge in [0.1, 0.15) is 0 Å². The number of rotatable bonds is 5. The average Bonchev–Trinajstić information content (AvgIpc) is 2.17. The van der Waals surface area contributed by atoms with Crippen LogP contribution in [0.25, 0.3) is 0 Å². The minimum absolute atomic E-state index is 0.0624. The molecule has 1 heterocycles. The number of nitrogens with zero attached hydrogens (tertiary/aromatic N) is 2. The molecule has 0 radical (unpaired) electrons. The first-order chi connectivity index (χ1) is 7.46. The first-order valence-corrected chi connectivity index (χ1v) is 6.83. The average molecular weight is 264 g/mol. The summed E-state index contributed by atoms with van der Waals surface area (Å²) in [6.45, 7) is 0. The molecule has 0 bridgehead atoms. The first-order valence-electron chi connectivity index (χ1n) is 4.64. The molecular formula is C9H14ClN3O2S. The molecule has 1 N–H and O–H groups in total. The van der Waals surface area contributed by atoms with Crippen molar-refractivity contribution in [2.75, 3.05) is 35.4 Å². The quantitative estimate of drug-likeness (QED) is 0.809. The Morgan fingerprint density at radius 3 is 2.75 bits per heavy atom. The molecule has 0 unspecified atom stereocenters. The van der Waals surface area contributed by atoms with E-state index in [1.54, 1.807) is 17.2 Å². The van der Waals surface area contributed by atoms with Crippen LogP contribution in [0.15, 0.2) is 18.5 Å². The van der Waals surface area contributed by atoms with Crippen LogP contribution in [0.3, 0.4) is 0 Å². The third-order valence-corrected chi connectivity index (χ3v) is 3.58. The maximum absolute atomic E-state index is 11.5. The molecule has 1 aromatic heterocycles. The number of halogens is 1. The zero-order valence-electron chi connectivity index (χ0n) is 9.14. The smallest absolute Gasteiger partial charge is 0.234 e. The summed E-state index contributed by atoms with van der Waals surface area (Å²) in [5, 5.41) is 0. The van der Waals surface area contributed by atoms with Gasteiger partial charge in [-0.1, -0.05) is 0 Å². The van der Waals surface area contributed by atoms with Crippen molar-refractivity contribution in [1.82, 2.24) is 4.98 Å². The second-order valence-corrected chi connectivity index (χ2v) is 5.62. The van der Waals surface area contributed by atoms with Crippen LogP contribution >= 0.6 is 11.6 Å². The zero-order chi connectivity index (χ0) is 12.2. The van der Waals surface area contributed by atoms with Gasteiger partial charge in [0, 0.05) is 26.2 Å². The fourth-order valence-corrected chi connectivity index (χ4v) is 2.58. The molecule has 5 nitrogen and oxygen atoms in total. The molecule has 7 heteroatoms. The van der Waals surface area contributed by atoms with Crippen LogP contribution in [0.5, 0.6) is 0 Å². The third kappa shape index (κ3) is 3.53. The topological polar surface area (TPSA) is 62.3 Å². The summed E-state index contributed by atoms with van der Waals surface area (Å²) in [7, 11) is 0.267. The van der Waals surface area contributed by atoms with Crippen LogP contribution in [-0.2, 0) is 10.0 Å². The summed E-state index contributed by atoms with van der Waals surface area (Å²) in [5.41, 5.74) is 1.21. The summed E-state index contributed by atoms with van der Waals surface area (Å²) >= 11 is 5.41. The number of hydrogen-bond donors (Lipinski definition) is 1. The van der Waals surface area contributed by atoms with Gasteiger partial charge in [-0.3, -0.25) is 9.71 Å². The van der Waals surface area contributed by atoms with Gasteiger partial charge in [-0.05, 0) is 6.07 Å². The molecule has 0 aliphatic heterocycles. The van der Waals surface area contributed by atoms with Gasteiger partial charge in [-0.2, -0.15) is 0 Å². The second kappa shape index (κ2) is 5.36. The Labute approximate surface area is 100 Å². The number of alkyl halides is 1. The summed E-state index contributed by atoms with van der Waals surface area (Å²) < 4.78 is 25.5. The van der Waals surface area contributed by atoms with Crippen molar-refractivity contribution in [3.8, 4) is 0 Å². The van der Waals surface area contributed by atoms with E-state index in [1.807, 2.05) is 14.1 Å². The van der Waals surface area contributed by atoms with Gasteiger partial charge in [0.2, 0.25) is 10.0 Å². The lowest BCUT2D eigenvalue weighted by Crippen LogP contribution is -2.20. The maximum Gasteiger partial charge on any atom is 0.234 e. The first kappa shape index (κ1) is 13.1. The molecule has 16 heavy (non-hydrogen) atoms. The summed E-state index contributed by atoms with van der Waals surface area (Å²) in [6, 6.07) is 1.73. The Hall–Kier alpha value is -1.01. The number of aromatic nitrogens is 1. The van der Waals surface area contributed by atoms with E-state index >= 15 is 0 Å². The van der Waals surface area contributed by atoms with Crippen molar-refractivity contribution in [2.45, 2.75) is 0 Å². The highest BCUT2D eigenvalue weighted by Crippen LogP contribution is 2.23. The molecule has 0 atom stereocenters. The zero-order valence-corrected chi connectivity index (χ0v) is 10.7. The van der Waals surface area contributed by atoms with Gasteiger partial charge in [0.05, 0.1) is 23.3 Å². The van der Waals surface area contributed by atoms with Crippen molar-refractivity contribution in [2.24, 2.45) is 0 Å². The minimum Gasteiger partial charge on any atom is -0.376 e. The Bertz CT molecular complexity index is 448. The van der Waals surface area contributed by atoms with Gasteiger partial charge in [-0.25, -0.2) is 8.42 Å². The van der Waals surface area contributed by atoms with Crippen molar-refractivity contribution < 1.29 is 8.42 Å². The Morgan fingerprint density at radius 2 is 2.19 bits per heavy atom. The molecule has 0 aliphatic rings. The summed E-state index contributed by atoms with van der Waals surface area (Å²) in [6.07, 6.45) is 3.08. The van der Waals surface area contributed by atoms with E-state index in [0.717, 1.165) is 5.69 Å². The van der Waals surface area contributed by atoms with Gasteiger partial charge in [-0.15, -0.1) is 11.6 Å². The SMILES string of the molecule is CN(C)c1ccncc1NS(=O)(=O)CCCl. The molecule has 0 saturated carbocycles. The van der Waals surface area contributed by atoms with E-state index in [2.05, 4.69) is 9.71 Å². The molecule has 0 fully saturated rings. The molecule has 0 aromatic carbocycles. The van der Waals surface area contributed by atoms with Crippen molar-refractivity contribution in [1.29, 1.82) is 0 Å². The minimum atomic E-state index is -3.39. The van der Waals surface area contributed by atoms with Crippen LogP contribution in [0, 0.1) is 0 Å². The fraction of sp³-hybridized carbons (Fsp3) is 0.444. The fourth-order valence-electron chi connectivity index (χ4n) is 1.18. The van der Waals surface area contributed by atoms with Crippen LogP contribution < -0.4 is 9.62 Å². The van der Waals surface area contributed by atoms with E-state index in [4.69, 9.17) is 11.6 Å². The predicted molar refractivity (Wildman–Crippen MR) is 66.7 cm³/mol. The van der Waals surface area contributed by atoms with Crippen LogP contribution in [0.4, 0.5) is 11.4 Å². The second-order valence-electron chi connectivity index (χ2n) is 3.40. The van der Waals surface area contributed by atoms with E-state index in [1.165, 1.54) is 6.20 Å². The van der Waals surface area contributed by atoms with Gasteiger partial charge >= 0.3 is 0 Å². The van der Waals surface area contributed by atoms with Crippen molar-refractivity contribution in [3.63, 3.8) is 0 Å². The lowest BCUT2D eigenvalue weighted by molar-refractivity contribution is 0.602. The number of anilines is 2. The summed E-state index contributed by atoms with van der Waals surface area (Å²) in [5.74, 6) is -0.0524. The molecule has 90 valence electrons. The van der Waals surface area contributed by atoms with E-state index in [-0.39, 0.29) is 11.6 Å². The molecule has 1 rings (SSSR count). The van der Waals surface area contributed by atoms with Crippen LogP contribution in [0.2, 0.25) is 0 Å². The Morgan fingerprint density at radius 1 is 1.50 bits per heavy atom. The highest BCUT2D eigenvalue weighted by molar-refractivity contribution is 7.92. The number of hydrogen-bond acceptors (Lipinski definition) is 4. The Balaban J connectivity index is 2.97.